The first-order valence-electron chi connectivity index (χ1n) is 10.2. The number of sulfonamides is 1. The number of nitrogens with zero attached hydrogens (tertiary/aromatic N) is 2. The van der Waals surface area contributed by atoms with Gasteiger partial charge in [0, 0.05) is 38.4 Å². The zero-order chi connectivity index (χ0) is 20.7. The average Bonchev–Trinajstić information content (AvgIpc) is 2.74. The van der Waals surface area contributed by atoms with Gasteiger partial charge >= 0.3 is 0 Å². The molecule has 0 unspecified atom stereocenters. The lowest BCUT2D eigenvalue weighted by Crippen LogP contribution is -2.47. The molecular weight excluding hydrogens is 386 g/mol. The van der Waals surface area contributed by atoms with Gasteiger partial charge in [0.25, 0.3) is 0 Å². The Labute approximate surface area is 174 Å². The van der Waals surface area contributed by atoms with Gasteiger partial charge in [-0.2, -0.15) is 0 Å². The topological polar surface area (TPSA) is 61.9 Å². The Morgan fingerprint density at radius 3 is 2.45 bits per heavy atom. The summed E-state index contributed by atoms with van der Waals surface area (Å²) in [5.41, 5.74) is 2.16. The van der Waals surface area contributed by atoms with Crippen LogP contribution in [0.2, 0.25) is 0 Å². The molecule has 158 valence electrons. The lowest BCUT2D eigenvalue weighted by Gasteiger charge is -2.36. The van der Waals surface area contributed by atoms with Crippen molar-refractivity contribution in [2.45, 2.75) is 25.2 Å². The minimum absolute atomic E-state index is 0.218. The number of hydrogen-bond donors (Lipinski definition) is 1. The van der Waals surface area contributed by atoms with Gasteiger partial charge in [-0.15, -0.1) is 0 Å². The van der Waals surface area contributed by atoms with E-state index < -0.39 is 10.0 Å². The SMILES string of the molecule is CCOc1ccc(C)cc1S(=O)(=O)NCCCN1CCN(c2ccccc2)CC1. The highest BCUT2D eigenvalue weighted by molar-refractivity contribution is 7.89. The molecule has 29 heavy (non-hydrogen) atoms. The van der Waals surface area contributed by atoms with Gasteiger partial charge in [0.2, 0.25) is 10.0 Å². The number of benzene rings is 2. The molecule has 1 aliphatic heterocycles. The molecule has 0 spiro atoms. The fourth-order valence-electron chi connectivity index (χ4n) is 3.56. The van der Waals surface area contributed by atoms with Crippen LogP contribution in [-0.4, -0.2) is 59.2 Å². The fourth-order valence-corrected chi connectivity index (χ4v) is 4.86. The summed E-state index contributed by atoms with van der Waals surface area (Å²) in [6, 6.07) is 15.7. The second-order valence-electron chi connectivity index (χ2n) is 7.30. The predicted molar refractivity (Wildman–Crippen MR) is 117 cm³/mol. The van der Waals surface area contributed by atoms with E-state index >= 15 is 0 Å². The Morgan fingerprint density at radius 1 is 1.03 bits per heavy atom. The molecule has 0 saturated carbocycles. The first-order valence-corrected chi connectivity index (χ1v) is 11.7. The summed E-state index contributed by atoms with van der Waals surface area (Å²) in [6.07, 6.45) is 0.778. The lowest BCUT2D eigenvalue weighted by molar-refractivity contribution is 0.255. The Kier molecular flexibility index (Phi) is 7.52. The van der Waals surface area contributed by atoms with Crippen LogP contribution in [-0.2, 0) is 10.0 Å². The summed E-state index contributed by atoms with van der Waals surface area (Å²) < 4.78 is 33.7. The van der Waals surface area contributed by atoms with Crippen LogP contribution in [0.4, 0.5) is 5.69 Å². The van der Waals surface area contributed by atoms with Crippen molar-refractivity contribution in [3.8, 4) is 5.75 Å². The van der Waals surface area contributed by atoms with Crippen molar-refractivity contribution in [1.82, 2.24) is 9.62 Å². The van der Waals surface area contributed by atoms with Gasteiger partial charge in [0.1, 0.15) is 10.6 Å². The second-order valence-corrected chi connectivity index (χ2v) is 9.03. The maximum atomic E-state index is 12.7. The smallest absolute Gasteiger partial charge is 0.244 e. The molecule has 0 aromatic heterocycles. The Balaban J connectivity index is 1.45. The number of piperazine rings is 1. The van der Waals surface area contributed by atoms with E-state index in [1.807, 2.05) is 26.0 Å². The van der Waals surface area contributed by atoms with E-state index in [9.17, 15) is 8.42 Å². The number of aryl methyl sites for hydroxylation is 1. The predicted octanol–water partition coefficient (Wildman–Crippen LogP) is 2.88. The van der Waals surface area contributed by atoms with Gasteiger partial charge in [-0.1, -0.05) is 24.3 Å². The van der Waals surface area contributed by atoms with Crippen LogP contribution in [0, 0.1) is 6.92 Å². The summed E-state index contributed by atoms with van der Waals surface area (Å²) in [5.74, 6) is 0.405. The van der Waals surface area contributed by atoms with E-state index in [1.54, 1.807) is 12.1 Å². The van der Waals surface area contributed by atoms with Gasteiger partial charge in [-0.25, -0.2) is 13.1 Å². The van der Waals surface area contributed by atoms with E-state index in [0.29, 0.717) is 18.9 Å². The van der Waals surface area contributed by atoms with E-state index in [1.165, 1.54) is 5.69 Å². The third kappa shape index (κ3) is 5.95. The maximum absolute atomic E-state index is 12.7. The van der Waals surface area contributed by atoms with Crippen LogP contribution in [0.3, 0.4) is 0 Å². The van der Waals surface area contributed by atoms with E-state index in [-0.39, 0.29) is 4.90 Å². The summed E-state index contributed by atoms with van der Waals surface area (Å²) in [4.78, 5) is 5.01. The molecule has 1 aliphatic rings. The highest BCUT2D eigenvalue weighted by Crippen LogP contribution is 2.25. The average molecular weight is 418 g/mol. The Morgan fingerprint density at radius 2 is 1.76 bits per heavy atom. The van der Waals surface area contributed by atoms with Gasteiger partial charge < -0.3 is 9.64 Å². The highest BCUT2D eigenvalue weighted by atomic mass is 32.2. The zero-order valence-corrected chi connectivity index (χ0v) is 18.1. The monoisotopic (exact) mass is 417 g/mol. The lowest BCUT2D eigenvalue weighted by atomic mass is 10.2. The number of hydrogen-bond acceptors (Lipinski definition) is 5. The molecule has 0 amide bonds. The maximum Gasteiger partial charge on any atom is 0.244 e. The van der Waals surface area contributed by atoms with Crippen LogP contribution in [0.1, 0.15) is 18.9 Å². The molecule has 1 fully saturated rings. The molecule has 7 heteroatoms. The number of nitrogens with one attached hydrogen (secondary N) is 1. The Hall–Kier alpha value is -2.09. The fraction of sp³-hybridized carbons (Fsp3) is 0.455. The van der Waals surface area contributed by atoms with Gasteiger partial charge in [-0.3, -0.25) is 4.90 Å². The molecule has 1 heterocycles. The van der Waals surface area contributed by atoms with Crippen LogP contribution < -0.4 is 14.4 Å². The molecule has 6 nitrogen and oxygen atoms in total. The minimum atomic E-state index is -3.59. The number of para-hydroxylation sites is 1. The molecule has 1 N–H and O–H groups in total. The van der Waals surface area contributed by atoms with E-state index in [2.05, 4.69) is 38.8 Å². The molecule has 2 aromatic rings. The second kappa shape index (κ2) is 10.1. The first kappa shape index (κ1) is 21.6. The van der Waals surface area contributed by atoms with Gasteiger partial charge in [-0.05, 0) is 56.6 Å². The Bertz CT molecular complexity index is 879. The van der Waals surface area contributed by atoms with Crippen LogP contribution >= 0.6 is 0 Å². The first-order chi connectivity index (χ1) is 14.0. The third-order valence-electron chi connectivity index (χ3n) is 5.13. The molecule has 0 atom stereocenters. The summed E-state index contributed by atoms with van der Waals surface area (Å²) in [6.45, 7) is 9.44. The third-order valence-corrected chi connectivity index (χ3v) is 6.61. The normalized spacial score (nSPS) is 15.4. The number of ether oxygens (including phenoxy) is 1. The quantitative estimate of drug-likeness (QED) is 0.636. The van der Waals surface area contributed by atoms with E-state index in [0.717, 1.165) is 44.7 Å². The van der Waals surface area contributed by atoms with Crippen molar-refractivity contribution >= 4 is 15.7 Å². The summed E-state index contributed by atoms with van der Waals surface area (Å²) >= 11 is 0. The van der Waals surface area contributed by atoms with E-state index in [4.69, 9.17) is 4.74 Å². The van der Waals surface area contributed by atoms with Crippen molar-refractivity contribution < 1.29 is 13.2 Å². The molecular formula is C22H31N3O3S. The zero-order valence-electron chi connectivity index (χ0n) is 17.3. The molecule has 0 bridgehead atoms. The standard InChI is InChI=1S/C22H31N3O3S/c1-3-28-21-11-10-19(2)18-22(21)29(26,27)23-12-7-13-24-14-16-25(17-15-24)20-8-5-4-6-9-20/h4-6,8-11,18,23H,3,7,12-17H2,1-2H3. The van der Waals surface area contributed by atoms with Crippen molar-refractivity contribution in [1.29, 1.82) is 0 Å². The number of anilines is 1. The molecule has 3 rings (SSSR count). The molecule has 1 saturated heterocycles. The van der Waals surface area contributed by atoms with Crippen molar-refractivity contribution in [2.24, 2.45) is 0 Å². The largest absolute Gasteiger partial charge is 0.492 e. The molecule has 0 aliphatic carbocycles. The van der Waals surface area contributed by atoms with Crippen molar-refractivity contribution in [3.05, 3.63) is 54.1 Å². The van der Waals surface area contributed by atoms with Crippen LogP contribution in [0.5, 0.6) is 5.75 Å². The summed E-state index contributed by atoms with van der Waals surface area (Å²) in [7, 11) is -3.59. The van der Waals surface area contributed by atoms with Crippen molar-refractivity contribution in [2.75, 3.05) is 50.8 Å². The van der Waals surface area contributed by atoms with Gasteiger partial charge in [0.05, 0.1) is 6.61 Å². The van der Waals surface area contributed by atoms with Crippen molar-refractivity contribution in [3.63, 3.8) is 0 Å². The minimum Gasteiger partial charge on any atom is -0.492 e. The van der Waals surface area contributed by atoms with Crippen LogP contribution in [0.15, 0.2) is 53.4 Å². The van der Waals surface area contributed by atoms with Crippen LogP contribution in [0.25, 0.3) is 0 Å². The highest BCUT2D eigenvalue weighted by Gasteiger charge is 2.20. The summed E-state index contributed by atoms with van der Waals surface area (Å²) in [5, 5.41) is 0. The molecule has 0 radical (unpaired) electrons. The van der Waals surface area contributed by atoms with Gasteiger partial charge in [0.15, 0.2) is 0 Å². The molecule has 2 aromatic carbocycles. The number of rotatable bonds is 9.